The monoisotopic (exact) mass is 433 g/mol. The van der Waals surface area contributed by atoms with Crippen LogP contribution < -0.4 is 0 Å². The van der Waals surface area contributed by atoms with E-state index in [1.807, 2.05) is 36.4 Å². The van der Waals surface area contributed by atoms with Gasteiger partial charge in [0.2, 0.25) is 0 Å². The van der Waals surface area contributed by atoms with Crippen LogP contribution in [0.4, 0.5) is 0 Å². The van der Waals surface area contributed by atoms with Crippen LogP contribution in [0.3, 0.4) is 0 Å². The van der Waals surface area contributed by atoms with Crippen molar-refractivity contribution in [1.29, 1.82) is 0 Å². The molecule has 0 amide bonds. The molecule has 0 unspecified atom stereocenters. The number of benzene rings is 2. The summed E-state index contributed by atoms with van der Waals surface area (Å²) in [6, 6.07) is 20.6. The first-order valence-electron chi connectivity index (χ1n) is 9.02. The molecule has 2 aromatic carbocycles. The zero-order chi connectivity index (χ0) is 22.1. The highest BCUT2D eigenvalue weighted by Crippen LogP contribution is 2.33. The fourth-order valence-electron chi connectivity index (χ4n) is 3.02. The molecular formula is C21H23NO7S. The van der Waals surface area contributed by atoms with Crippen molar-refractivity contribution in [2.75, 3.05) is 19.3 Å². The van der Waals surface area contributed by atoms with Gasteiger partial charge in [0.25, 0.3) is 10.1 Å². The van der Waals surface area contributed by atoms with Crippen molar-refractivity contribution in [3.05, 3.63) is 83.9 Å². The van der Waals surface area contributed by atoms with Gasteiger partial charge in [-0.15, -0.1) is 0 Å². The Morgan fingerprint density at radius 2 is 1.33 bits per heavy atom. The number of nitrogens with zero attached hydrogens (tertiary/aromatic N) is 1. The minimum absolute atomic E-state index is 0.127. The van der Waals surface area contributed by atoms with E-state index < -0.39 is 22.1 Å². The number of hydrogen-bond donors (Lipinski definition) is 2. The molecule has 30 heavy (non-hydrogen) atoms. The molecule has 1 heterocycles. The summed E-state index contributed by atoms with van der Waals surface area (Å²) in [4.78, 5) is 21.3. The first-order chi connectivity index (χ1) is 14.2. The van der Waals surface area contributed by atoms with E-state index in [9.17, 15) is 18.0 Å². The largest absolute Gasteiger partial charge is 0.478 e. The smallest absolute Gasteiger partial charge is 0.328 e. The van der Waals surface area contributed by atoms with Crippen LogP contribution in [0.5, 0.6) is 0 Å². The molecule has 0 saturated carbocycles. The van der Waals surface area contributed by atoms with Gasteiger partial charge in [0.1, 0.15) is 6.10 Å². The third-order valence-electron chi connectivity index (χ3n) is 4.15. The lowest BCUT2D eigenvalue weighted by molar-refractivity contribution is -0.134. The van der Waals surface area contributed by atoms with Gasteiger partial charge in [-0.1, -0.05) is 60.7 Å². The molecule has 0 atom stereocenters. The van der Waals surface area contributed by atoms with Crippen LogP contribution >= 0.6 is 0 Å². The molecule has 2 aromatic rings. The number of rotatable bonds is 7. The summed E-state index contributed by atoms with van der Waals surface area (Å²) < 4.78 is 27.5. The van der Waals surface area contributed by atoms with Crippen LogP contribution in [0.1, 0.15) is 17.2 Å². The van der Waals surface area contributed by atoms with Gasteiger partial charge in [0.05, 0.1) is 12.3 Å². The molecule has 9 heteroatoms. The Balaban J connectivity index is 0.000000343. The van der Waals surface area contributed by atoms with Crippen LogP contribution in [0.2, 0.25) is 0 Å². The second kappa shape index (κ2) is 10.7. The summed E-state index contributed by atoms with van der Waals surface area (Å²) >= 11 is 0. The van der Waals surface area contributed by atoms with Crippen molar-refractivity contribution < 1.29 is 32.4 Å². The average molecular weight is 433 g/mol. The first kappa shape index (κ1) is 23.3. The number of carboxylic acid groups (broad SMARTS) is 2. The van der Waals surface area contributed by atoms with Crippen LogP contribution in [0, 0.1) is 0 Å². The lowest BCUT2D eigenvalue weighted by Gasteiger charge is -2.43. The van der Waals surface area contributed by atoms with E-state index in [0.29, 0.717) is 25.2 Å². The van der Waals surface area contributed by atoms with Gasteiger partial charge < -0.3 is 10.2 Å². The van der Waals surface area contributed by atoms with Gasteiger partial charge in [-0.05, 0) is 11.1 Å². The van der Waals surface area contributed by atoms with E-state index in [4.69, 9.17) is 14.4 Å². The molecule has 1 fully saturated rings. The van der Waals surface area contributed by atoms with Crippen molar-refractivity contribution in [3.8, 4) is 0 Å². The Kier molecular flexibility index (Phi) is 8.28. The van der Waals surface area contributed by atoms with Crippen molar-refractivity contribution in [2.45, 2.75) is 12.1 Å². The summed E-state index contributed by atoms with van der Waals surface area (Å²) in [5.41, 5.74) is 2.40. The fraction of sp³-hybridized carbons (Fsp3) is 0.238. The number of carbonyl (C=O) groups is 2. The van der Waals surface area contributed by atoms with E-state index in [0.717, 1.165) is 6.26 Å². The first-order valence-corrected chi connectivity index (χ1v) is 10.8. The molecule has 0 spiro atoms. The number of likely N-dealkylation sites (tertiary alicyclic amines) is 1. The van der Waals surface area contributed by atoms with Gasteiger partial charge in [0, 0.05) is 25.2 Å². The SMILES string of the molecule is CS(=O)(=O)OC1CN(C(c2ccccc2)c2ccccc2)C1.O=C(O)C=CC(=O)O. The molecule has 3 rings (SSSR count). The summed E-state index contributed by atoms with van der Waals surface area (Å²) in [6.45, 7) is 1.23. The lowest BCUT2D eigenvalue weighted by atomic mass is 9.94. The van der Waals surface area contributed by atoms with Gasteiger partial charge >= 0.3 is 11.9 Å². The highest BCUT2D eigenvalue weighted by molar-refractivity contribution is 7.86. The fourth-order valence-corrected chi connectivity index (χ4v) is 3.63. The molecule has 160 valence electrons. The molecule has 1 aliphatic rings. The molecular weight excluding hydrogens is 410 g/mol. The number of aliphatic carboxylic acids is 2. The van der Waals surface area contributed by atoms with E-state index in [1.54, 1.807) is 0 Å². The maximum absolute atomic E-state index is 11.2. The number of carboxylic acids is 2. The van der Waals surface area contributed by atoms with Crippen LogP contribution in [-0.4, -0.2) is 60.9 Å². The maximum atomic E-state index is 11.2. The maximum Gasteiger partial charge on any atom is 0.328 e. The Morgan fingerprint density at radius 1 is 0.933 bits per heavy atom. The van der Waals surface area contributed by atoms with Crippen LogP contribution in [-0.2, 0) is 23.9 Å². The minimum Gasteiger partial charge on any atom is -0.478 e. The zero-order valence-electron chi connectivity index (χ0n) is 16.3. The zero-order valence-corrected chi connectivity index (χ0v) is 17.1. The second-order valence-electron chi connectivity index (χ2n) is 6.61. The average Bonchev–Trinajstić information content (AvgIpc) is 2.66. The Hall–Kier alpha value is -3.01. The molecule has 0 radical (unpaired) electrons. The van der Waals surface area contributed by atoms with Crippen LogP contribution in [0.25, 0.3) is 0 Å². The molecule has 1 aliphatic heterocycles. The minimum atomic E-state index is -3.39. The summed E-state index contributed by atoms with van der Waals surface area (Å²) in [7, 11) is -3.39. The third-order valence-corrected chi connectivity index (χ3v) is 4.77. The Morgan fingerprint density at radius 3 is 1.67 bits per heavy atom. The third kappa shape index (κ3) is 7.78. The second-order valence-corrected chi connectivity index (χ2v) is 8.21. The Bertz CT molecular complexity index is 913. The molecule has 1 saturated heterocycles. The summed E-state index contributed by atoms with van der Waals surface area (Å²) in [5, 5.41) is 15.6. The predicted molar refractivity (Wildman–Crippen MR) is 110 cm³/mol. The summed E-state index contributed by atoms with van der Waals surface area (Å²) in [5.74, 6) is -2.51. The van der Waals surface area contributed by atoms with E-state index in [2.05, 4.69) is 29.2 Å². The van der Waals surface area contributed by atoms with Gasteiger partial charge in [-0.3, -0.25) is 9.08 Å². The van der Waals surface area contributed by atoms with Gasteiger partial charge in [0.15, 0.2) is 0 Å². The topological polar surface area (TPSA) is 121 Å². The van der Waals surface area contributed by atoms with Gasteiger partial charge in [-0.2, -0.15) is 8.42 Å². The summed E-state index contributed by atoms with van der Waals surface area (Å²) in [6.07, 6.45) is 1.97. The Labute approximate surface area is 175 Å². The highest BCUT2D eigenvalue weighted by atomic mass is 32.2. The molecule has 8 nitrogen and oxygen atoms in total. The standard InChI is InChI=1S/C17H19NO3S.C4H4O4/c1-22(19,20)21-16-12-18(13-16)17(14-8-4-2-5-9-14)15-10-6-3-7-11-15;5-3(6)1-2-4(7)8/h2-11,16-17H,12-13H2,1H3;1-2H,(H,5,6)(H,7,8). The van der Waals surface area contributed by atoms with Crippen molar-refractivity contribution in [2.24, 2.45) is 0 Å². The quantitative estimate of drug-likeness (QED) is 0.503. The highest BCUT2D eigenvalue weighted by Gasteiger charge is 2.36. The lowest BCUT2D eigenvalue weighted by Crippen LogP contribution is -2.54. The van der Waals surface area contributed by atoms with Crippen molar-refractivity contribution >= 4 is 22.1 Å². The van der Waals surface area contributed by atoms with E-state index in [-0.39, 0.29) is 12.1 Å². The van der Waals surface area contributed by atoms with Crippen molar-refractivity contribution in [1.82, 2.24) is 4.90 Å². The van der Waals surface area contributed by atoms with Gasteiger partial charge in [-0.25, -0.2) is 9.59 Å². The van der Waals surface area contributed by atoms with Crippen molar-refractivity contribution in [3.63, 3.8) is 0 Å². The normalized spacial score (nSPS) is 14.7. The van der Waals surface area contributed by atoms with E-state index >= 15 is 0 Å². The van der Waals surface area contributed by atoms with Crippen LogP contribution in [0.15, 0.2) is 72.8 Å². The predicted octanol–water partition coefficient (Wildman–Crippen LogP) is 2.15. The molecule has 0 bridgehead atoms. The number of hydrogen-bond acceptors (Lipinski definition) is 6. The molecule has 0 aliphatic carbocycles. The molecule has 0 aromatic heterocycles. The molecule has 2 N–H and O–H groups in total. The van der Waals surface area contributed by atoms with E-state index in [1.165, 1.54) is 11.1 Å².